The number of halogens is 1. The van der Waals surface area contributed by atoms with Gasteiger partial charge in [0.05, 0.1) is 4.90 Å². The lowest BCUT2D eigenvalue weighted by Gasteiger charge is -2.32. The number of rotatable bonds is 4. The second-order valence-corrected chi connectivity index (χ2v) is 8.80. The molecule has 5 heteroatoms. The molecule has 1 N–H and O–H groups in total. The van der Waals surface area contributed by atoms with Crippen LogP contribution in [-0.4, -0.2) is 14.0 Å². The van der Waals surface area contributed by atoms with E-state index in [-0.39, 0.29) is 10.3 Å². The molecule has 1 rings (SSSR count). The van der Waals surface area contributed by atoms with Gasteiger partial charge in [-0.05, 0) is 49.9 Å². The third-order valence-electron chi connectivity index (χ3n) is 2.51. The lowest BCUT2D eigenvalue weighted by Crippen LogP contribution is -2.45. The van der Waals surface area contributed by atoms with E-state index in [4.69, 9.17) is 11.6 Å². The maximum absolute atomic E-state index is 12.3. The number of benzene rings is 1. The molecule has 0 spiro atoms. The summed E-state index contributed by atoms with van der Waals surface area (Å²) in [6.07, 6.45) is 0.743. The molecule has 19 heavy (non-hydrogen) atoms. The standard InChI is InChI=1S/C14H22ClNO2S/c1-13(2,3)10-14(4,5)16-19(17,18)12-8-6-11(15)7-9-12/h6-9,16H,10H2,1-5H3. The molecule has 3 nitrogen and oxygen atoms in total. The van der Waals surface area contributed by atoms with Gasteiger partial charge in [0.15, 0.2) is 0 Å². The Morgan fingerprint density at radius 3 is 1.95 bits per heavy atom. The number of hydrogen-bond acceptors (Lipinski definition) is 2. The Hall–Kier alpha value is -0.580. The largest absolute Gasteiger partial charge is 0.241 e. The minimum absolute atomic E-state index is 0.0476. The summed E-state index contributed by atoms with van der Waals surface area (Å²) in [5, 5.41) is 0.521. The Morgan fingerprint density at radius 1 is 1.05 bits per heavy atom. The van der Waals surface area contributed by atoms with Crippen LogP contribution in [0.3, 0.4) is 0 Å². The van der Waals surface area contributed by atoms with Gasteiger partial charge in [0.25, 0.3) is 0 Å². The smallest absolute Gasteiger partial charge is 0.207 e. The maximum atomic E-state index is 12.3. The predicted molar refractivity (Wildman–Crippen MR) is 79.9 cm³/mol. The highest BCUT2D eigenvalue weighted by Crippen LogP contribution is 2.28. The van der Waals surface area contributed by atoms with Gasteiger partial charge in [0.1, 0.15) is 0 Å². The minimum atomic E-state index is -3.52. The van der Waals surface area contributed by atoms with Crippen molar-refractivity contribution in [3.63, 3.8) is 0 Å². The van der Waals surface area contributed by atoms with Crippen molar-refractivity contribution in [2.45, 2.75) is 51.5 Å². The van der Waals surface area contributed by atoms with E-state index < -0.39 is 15.6 Å². The van der Waals surface area contributed by atoms with Crippen molar-refractivity contribution >= 4 is 21.6 Å². The van der Waals surface area contributed by atoms with Gasteiger partial charge in [-0.2, -0.15) is 0 Å². The Labute approximate surface area is 121 Å². The molecule has 0 unspecified atom stereocenters. The van der Waals surface area contributed by atoms with Crippen molar-refractivity contribution in [3.8, 4) is 0 Å². The van der Waals surface area contributed by atoms with Crippen LogP contribution in [0, 0.1) is 5.41 Å². The average Bonchev–Trinajstić information content (AvgIpc) is 2.11. The summed E-state index contributed by atoms with van der Waals surface area (Å²) in [7, 11) is -3.52. The molecule has 108 valence electrons. The van der Waals surface area contributed by atoms with E-state index in [0.717, 1.165) is 6.42 Å². The molecule has 0 heterocycles. The molecular formula is C14H22ClNO2S. The van der Waals surface area contributed by atoms with E-state index in [1.807, 2.05) is 13.8 Å². The van der Waals surface area contributed by atoms with Gasteiger partial charge in [-0.3, -0.25) is 0 Å². The van der Waals surface area contributed by atoms with Crippen molar-refractivity contribution in [3.05, 3.63) is 29.3 Å². The Balaban J connectivity index is 2.94. The molecule has 1 aromatic rings. The summed E-state index contributed by atoms with van der Waals surface area (Å²) in [5.41, 5.74) is -0.456. The first-order chi connectivity index (χ1) is 8.41. The fourth-order valence-corrected chi connectivity index (χ4v) is 3.94. The fourth-order valence-electron chi connectivity index (χ4n) is 2.40. The van der Waals surface area contributed by atoms with Crippen molar-refractivity contribution in [2.24, 2.45) is 5.41 Å². The number of sulfonamides is 1. The zero-order chi connectivity index (χ0) is 14.9. The lowest BCUT2D eigenvalue weighted by atomic mass is 9.82. The molecule has 0 aliphatic heterocycles. The van der Waals surface area contributed by atoms with E-state index in [9.17, 15) is 8.42 Å². The molecule has 0 aliphatic rings. The fraction of sp³-hybridized carbons (Fsp3) is 0.571. The molecular weight excluding hydrogens is 282 g/mol. The van der Waals surface area contributed by atoms with Crippen LogP contribution >= 0.6 is 11.6 Å². The number of nitrogens with one attached hydrogen (secondary N) is 1. The average molecular weight is 304 g/mol. The highest BCUT2D eigenvalue weighted by Gasteiger charge is 2.30. The van der Waals surface area contributed by atoms with Crippen LogP contribution in [0.2, 0.25) is 5.02 Å². The molecule has 1 aromatic carbocycles. The minimum Gasteiger partial charge on any atom is -0.207 e. The summed E-state index contributed by atoms with van der Waals surface area (Å²) < 4.78 is 27.3. The van der Waals surface area contributed by atoms with Crippen LogP contribution in [0.5, 0.6) is 0 Å². The van der Waals surface area contributed by atoms with Gasteiger partial charge in [-0.15, -0.1) is 0 Å². The van der Waals surface area contributed by atoms with Crippen molar-refractivity contribution < 1.29 is 8.42 Å². The SMILES string of the molecule is CC(C)(C)CC(C)(C)NS(=O)(=O)c1ccc(Cl)cc1. The highest BCUT2D eigenvalue weighted by atomic mass is 35.5. The summed E-state index contributed by atoms with van der Waals surface area (Å²) in [4.78, 5) is 0.235. The molecule has 0 saturated heterocycles. The van der Waals surface area contributed by atoms with E-state index >= 15 is 0 Å². The van der Waals surface area contributed by atoms with Crippen LogP contribution in [0.15, 0.2) is 29.2 Å². The van der Waals surface area contributed by atoms with E-state index in [1.165, 1.54) is 12.1 Å². The van der Waals surface area contributed by atoms with Gasteiger partial charge < -0.3 is 0 Å². The predicted octanol–water partition coefficient (Wildman–Crippen LogP) is 3.83. The van der Waals surface area contributed by atoms with Crippen molar-refractivity contribution in [2.75, 3.05) is 0 Å². The van der Waals surface area contributed by atoms with Crippen LogP contribution in [0.25, 0.3) is 0 Å². The summed E-state index contributed by atoms with van der Waals surface area (Å²) in [6, 6.07) is 6.18. The molecule has 0 radical (unpaired) electrons. The zero-order valence-corrected chi connectivity index (χ0v) is 13.7. The second-order valence-electron chi connectivity index (χ2n) is 6.68. The van der Waals surface area contributed by atoms with Gasteiger partial charge in [0.2, 0.25) is 10.0 Å². The monoisotopic (exact) mass is 303 g/mol. The quantitative estimate of drug-likeness (QED) is 0.918. The lowest BCUT2D eigenvalue weighted by molar-refractivity contribution is 0.269. The molecule has 0 amide bonds. The Morgan fingerprint density at radius 2 is 1.53 bits per heavy atom. The van der Waals surface area contributed by atoms with E-state index in [1.54, 1.807) is 12.1 Å². The molecule has 0 bridgehead atoms. The van der Waals surface area contributed by atoms with Crippen LogP contribution in [0.1, 0.15) is 41.0 Å². The molecule has 0 fully saturated rings. The summed E-state index contributed by atoms with van der Waals surface area (Å²) in [5.74, 6) is 0. The van der Waals surface area contributed by atoms with Crippen molar-refractivity contribution in [1.82, 2.24) is 4.72 Å². The van der Waals surface area contributed by atoms with Crippen molar-refractivity contribution in [1.29, 1.82) is 0 Å². The Bertz CT molecular complexity index is 528. The van der Waals surface area contributed by atoms with E-state index in [0.29, 0.717) is 5.02 Å². The Kier molecular flexibility index (Phi) is 4.71. The zero-order valence-electron chi connectivity index (χ0n) is 12.1. The first-order valence-corrected chi connectivity index (χ1v) is 8.07. The second kappa shape index (κ2) is 5.43. The first kappa shape index (κ1) is 16.5. The van der Waals surface area contributed by atoms with Gasteiger partial charge >= 0.3 is 0 Å². The van der Waals surface area contributed by atoms with Gasteiger partial charge in [-0.1, -0.05) is 32.4 Å². The first-order valence-electron chi connectivity index (χ1n) is 6.21. The molecule has 0 saturated carbocycles. The van der Waals surface area contributed by atoms with Crippen LogP contribution < -0.4 is 4.72 Å². The van der Waals surface area contributed by atoms with Gasteiger partial charge in [-0.25, -0.2) is 13.1 Å². The normalized spacial score (nSPS) is 13.6. The third kappa shape index (κ3) is 5.51. The van der Waals surface area contributed by atoms with Crippen LogP contribution in [0.4, 0.5) is 0 Å². The molecule has 0 aliphatic carbocycles. The van der Waals surface area contributed by atoms with E-state index in [2.05, 4.69) is 25.5 Å². The van der Waals surface area contributed by atoms with Gasteiger partial charge in [0, 0.05) is 10.6 Å². The number of hydrogen-bond donors (Lipinski definition) is 1. The maximum Gasteiger partial charge on any atom is 0.241 e. The topological polar surface area (TPSA) is 46.2 Å². The highest BCUT2D eigenvalue weighted by molar-refractivity contribution is 7.89. The molecule has 0 atom stereocenters. The summed E-state index contributed by atoms with van der Waals surface area (Å²) in [6.45, 7) is 10.1. The van der Waals surface area contributed by atoms with Crippen LogP contribution in [-0.2, 0) is 10.0 Å². The third-order valence-corrected chi connectivity index (χ3v) is 4.47. The summed E-state index contributed by atoms with van der Waals surface area (Å²) >= 11 is 5.77. The molecule has 0 aromatic heterocycles.